The third-order valence-electron chi connectivity index (χ3n) is 2.36. The summed E-state index contributed by atoms with van der Waals surface area (Å²) in [6.45, 7) is -2.94. The topological polar surface area (TPSA) is 38.0 Å². The molecule has 1 atom stereocenters. The third-order valence-corrected chi connectivity index (χ3v) is 2.96. The van der Waals surface area contributed by atoms with Crippen molar-refractivity contribution in [2.24, 2.45) is 0 Å². The molecule has 2 aromatic rings. The quantitative estimate of drug-likeness (QED) is 0.609. The van der Waals surface area contributed by atoms with Gasteiger partial charge in [-0.05, 0) is 34.7 Å². The van der Waals surface area contributed by atoms with Crippen LogP contribution in [-0.2, 0) is 0 Å². The van der Waals surface area contributed by atoms with E-state index in [0.717, 1.165) is 0 Å². The van der Waals surface area contributed by atoms with E-state index >= 15 is 0 Å². The largest absolute Gasteiger partial charge is 0.435 e. The molecule has 0 aliphatic carbocycles. The van der Waals surface area contributed by atoms with Gasteiger partial charge in [-0.1, -0.05) is 0 Å². The second kappa shape index (κ2) is 5.06. The highest BCUT2D eigenvalue weighted by Gasteiger charge is 2.14. The maximum Gasteiger partial charge on any atom is 0.387 e. The van der Waals surface area contributed by atoms with Gasteiger partial charge in [-0.25, -0.2) is 4.39 Å². The van der Waals surface area contributed by atoms with Crippen molar-refractivity contribution >= 4 is 33.5 Å². The van der Waals surface area contributed by atoms with Crippen LogP contribution in [0.4, 0.5) is 13.2 Å². The molecule has 0 aliphatic heterocycles. The van der Waals surface area contributed by atoms with E-state index < -0.39 is 10.9 Å². The van der Waals surface area contributed by atoms with Gasteiger partial charge in [0.1, 0.15) is 11.8 Å². The zero-order chi connectivity index (χ0) is 13.3. The number of alkyl halides is 4. The van der Waals surface area contributed by atoms with E-state index in [9.17, 15) is 13.2 Å². The number of nitrogens with zero attached hydrogens (tertiary/aromatic N) is 2. The lowest BCUT2D eigenvalue weighted by Crippen LogP contribution is -2.02. The van der Waals surface area contributed by atoms with Crippen molar-refractivity contribution in [3.05, 3.63) is 30.0 Å². The molecule has 0 saturated carbocycles. The molecule has 94 valence electrons. The molecule has 0 bridgehead atoms. The summed E-state index contributed by atoms with van der Waals surface area (Å²) in [7, 11) is 0. The van der Waals surface area contributed by atoms with Gasteiger partial charge in [-0.3, -0.25) is 0 Å². The molecule has 1 aromatic heterocycles. The maximum atomic E-state index is 13.4. The summed E-state index contributed by atoms with van der Waals surface area (Å²) < 4.78 is 41.6. The maximum absolute atomic E-state index is 13.4. The monoisotopic (exact) mass is 366 g/mol. The normalized spacial score (nSPS) is 12.7. The number of aromatic nitrogens is 1. The second-order valence-electron chi connectivity index (χ2n) is 3.40. The first kappa shape index (κ1) is 13.0. The fourth-order valence-corrected chi connectivity index (χ4v) is 2.12. The van der Waals surface area contributed by atoms with Crippen LogP contribution in [0, 0.1) is 11.3 Å². The van der Waals surface area contributed by atoms with E-state index in [0.29, 0.717) is 10.9 Å². The number of rotatable bonds is 3. The van der Waals surface area contributed by atoms with Gasteiger partial charge in [0.25, 0.3) is 0 Å². The standard InChI is InChI=1S/C11H6F3IN2O/c12-10(13)18-7-1-2-8-6(4-16)5-17(11(14)15)9(8)3-7/h1-3,5,10-11H. The lowest BCUT2D eigenvalue weighted by atomic mass is 10.2. The molecule has 0 amide bonds. The predicted octanol–water partition coefficient (Wildman–Crippen LogP) is 3.97. The van der Waals surface area contributed by atoms with Crippen molar-refractivity contribution in [2.75, 3.05) is 0 Å². The Morgan fingerprint density at radius 1 is 1.33 bits per heavy atom. The van der Waals surface area contributed by atoms with E-state index in [1.54, 1.807) is 0 Å². The summed E-state index contributed by atoms with van der Waals surface area (Å²) in [6, 6.07) is 5.99. The molecular formula is C11H6F3IN2O. The molecule has 2 rings (SSSR count). The number of hydrogen-bond donors (Lipinski definition) is 0. The van der Waals surface area contributed by atoms with Crippen LogP contribution in [0.1, 0.15) is 9.87 Å². The fourth-order valence-electron chi connectivity index (χ4n) is 1.66. The second-order valence-corrected chi connectivity index (χ2v) is 4.42. The number of ether oxygens (including phenoxy) is 1. The fraction of sp³-hybridized carbons (Fsp3) is 0.182. The van der Waals surface area contributed by atoms with E-state index in [-0.39, 0.29) is 11.3 Å². The van der Waals surface area contributed by atoms with E-state index in [1.165, 1.54) is 51.6 Å². The van der Waals surface area contributed by atoms with Crippen molar-refractivity contribution in [2.45, 2.75) is 10.9 Å². The van der Waals surface area contributed by atoms with E-state index in [2.05, 4.69) is 4.74 Å². The Morgan fingerprint density at radius 3 is 2.61 bits per heavy atom. The molecule has 0 saturated heterocycles. The summed E-state index contributed by atoms with van der Waals surface area (Å²) >= 11 is 1.52. The molecule has 3 nitrogen and oxygen atoms in total. The Bertz CT molecular complexity index is 619. The smallest absolute Gasteiger partial charge is 0.387 e. The molecule has 1 unspecified atom stereocenters. The van der Waals surface area contributed by atoms with Gasteiger partial charge in [0.2, 0.25) is 4.30 Å². The zero-order valence-corrected chi connectivity index (χ0v) is 10.9. The molecule has 0 spiro atoms. The van der Waals surface area contributed by atoms with Gasteiger partial charge >= 0.3 is 6.61 Å². The Balaban J connectivity index is 2.60. The molecule has 0 radical (unpaired) electrons. The van der Waals surface area contributed by atoms with Crippen molar-refractivity contribution in [3.8, 4) is 11.8 Å². The lowest BCUT2D eigenvalue weighted by molar-refractivity contribution is -0.0497. The molecule has 7 heteroatoms. The Kier molecular flexibility index (Phi) is 3.65. The Morgan fingerprint density at radius 2 is 2.06 bits per heavy atom. The summed E-state index contributed by atoms with van der Waals surface area (Å²) in [5.41, 5.74) is 0.625. The van der Waals surface area contributed by atoms with Crippen LogP contribution in [0.2, 0.25) is 0 Å². The molecule has 1 heterocycles. The SMILES string of the molecule is N#Cc1cn(C(F)I)c2cc(OC(F)F)ccc12. The van der Waals surface area contributed by atoms with Gasteiger partial charge in [0.05, 0.1) is 11.1 Å². The Labute approximate surface area is 114 Å². The zero-order valence-electron chi connectivity index (χ0n) is 8.78. The minimum absolute atomic E-state index is 0.0709. The van der Waals surface area contributed by atoms with Gasteiger partial charge in [0.15, 0.2) is 0 Å². The highest BCUT2D eigenvalue weighted by molar-refractivity contribution is 14.1. The third kappa shape index (κ3) is 2.38. The predicted molar refractivity (Wildman–Crippen MR) is 67.5 cm³/mol. The van der Waals surface area contributed by atoms with Crippen LogP contribution in [0.5, 0.6) is 5.75 Å². The van der Waals surface area contributed by atoms with Crippen molar-refractivity contribution in [1.82, 2.24) is 4.57 Å². The van der Waals surface area contributed by atoms with Crippen LogP contribution in [0.15, 0.2) is 24.4 Å². The van der Waals surface area contributed by atoms with Crippen molar-refractivity contribution < 1.29 is 17.9 Å². The number of nitriles is 1. The Hall–Kier alpha value is -1.43. The summed E-state index contributed by atoms with van der Waals surface area (Å²) in [5.74, 6) is -0.0709. The highest BCUT2D eigenvalue weighted by Crippen LogP contribution is 2.31. The first-order valence-electron chi connectivity index (χ1n) is 4.80. The first-order valence-corrected chi connectivity index (χ1v) is 6.05. The molecule has 0 N–H and O–H groups in total. The van der Waals surface area contributed by atoms with Crippen molar-refractivity contribution in [3.63, 3.8) is 0 Å². The molecule has 0 aliphatic rings. The van der Waals surface area contributed by atoms with Gasteiger partial charge < -0.3 is 9.30 Å². The van der Waals surface area contributed by atoms with E-state index in [4.69, 9.17) is 5.26 Å². The minimum atomic E-state index is -2.94. The lowest BCUT2D eigenvalue weighted by Gasteiger charge is -2.07. The highest BCUT2D eigenvalue weighted by atomic mass is 127. The average molecular weight is 366 g/mol. The van der Waals surface area contributed by atoms with Crippen molar-refractivity contribution in [1.29, 1.82) is 5.26 Å². The summed E-state index contributed by atoms with van der Waals surface area (Å²) in [5, 5.41) is 9.40. The van der Waals surface area contributed by atoms with Crippen LogP contribution in [-0.4, -0.2) is 11.2 Å². The van der Waals surface area contributed by atoms with Crippen LogP contribution >= 0.6 is 22.6 Å². The van der Waals surface area contributed by atoms with Gasteiger partial charge in [-0.2, -0.15) is 14.0 Å². The molecule has 1 aromatic carbocycles. The van der Waals surface area contributed by atoms with Gasteiger partial charge in [-0.15, -0.1) is 0 Å². The average Bonchev–Trinajstić information content (AvgIpc) is 2.66. The van der Waals surface area contributed by atoms with Crippen LogP contribution < -0.4 is 4.74 Å². The van der Waals surface area contributed by atoms with Crippen LogP contribution in [0.3, 0.4) is 0 Å². The molecule has 18 heavy (non-hydrogen) atoms. The molecular weight excluding hydrogens is 360 g/mol. The number of fused-ring (bicyclic) bond motifs is 1. The van der Waals surface area contributed by atoms with Gasteiger partial charge in [0, 0.05) is 17.6 Å². The van der Waals surface area contributed by atoms with Crippen LogP contribution in [0.25, 0.3) is 10.9 Å². The minimum Gasteiger partial charge on any atom is -0.435 e. The summed E-state index contributed by atoms with van der Waals surface area (Å²) in [4.78, 5) is 0. The number of hydrogen-bond acceptors (Lipinski definition) is 2. The molecule has 0 fully saturated rings. The summed E-state index contributed by atoms with van der Waals surface area (Å²) in [6.07, 6.45) is 1.34. The van der Waals surface area contributed by atoms with E-state index in [1.807, 2.05) is 6.07 Å². The first-order chi connectivity index (χ1) is 8.52. The number of halogens is 4. The number of benzene rings is 1.